The zero-order valence-corrected chi connectivity index (χ0v) is 14.2. The number of nitrogens with zero attached hydrogens (tertiary/aromatic N) is 1. The molecule has 0 spiro atoms. The maximum Gasteiger partial charge on any atom is 0.118 e. The fraction of sp³-hybridized carbons (Fsp3) is 0.647. The topological polar surface area (TPSA) is 12.5 Å². The molecule has 1 aromatic carbocycles. The van der Waals surface area contributed by atoms with Crippen LogP contribution in [-0.2, 0) is 0 Å². The second-order valence-electron chi connectivity index (χ2n) is 6.38. The van der Waals surface area contributed by atoms with Crippen molar-refractivity contribution in [3.05, 3.63) is 29.8 Å². The van der Waals surface area contributed by atoms with E-state index in [-0.39, 0.29) is 0 Å². The molecule has 20 heavy (non-hydrogen) atoms. The van der Waals surface area contributed by atoms with E-state index in [0.29, 0.717) is 11.1 Å². The number of benzene rings is 1. The fourth-order valence-corrected chi connectivity index (χ4v) is 4.09. The predicted molar refractivity (Wildman–Crippen MR) is 89.8 cm³/mol. The molecule has 0 N–H and O–H groups in total. The highest BCUT2D eigenvalue weighted by Crippen LogP contribution is 2.47. The van der Waals surface area contributed by atoms with Gasteiger partial charge in [-0.15, -0.1) is 9.24 Å². The van der Waals surface area contributed by atoms with Gasteiger partial charge in [0, 0.05) is 12.5 Å². The second-order valence-corrected chi connectivity index (χ2v) is 7.53. The maximum atomic E-state index is 5.29. The van der Waals surface area contributed by atoms with E-state index in [4.69, 9.17) is 4.74 Å². The third-order valence-electron chi connectivity index (χ3n) is 4.54. The van der Waals surface area contributed by atoms with Crippen LogP contribution in [0.2, 0.25) is 0 Å². The Morgan fingerprint density at radius 1 is 1.15 bits per heavy atom. The molecule has 2 rings (SSSR count). The van der Waals surface area contributed by atoms with Crippen LogP contribution in [0.5, 0.6) is 5.75 Å². The molecule has 0 aliphatic heterocycles. The van der Waals surface area contributed by atoms with Crippen molar-refractivity contribution in [3.8, 4) is 5.75 Å². The zero-order valence-electron chi connectivity index (χ0n) is 13.1. The number of methoxy groups -OCH3 is 1. The molecule has 1 saturated carbocycles. The summed E-state index contributed by atoms with van der Waals surface area (Å²) in [6.07, 6.45) is 6.77. The van der Waals surface area contributed by atoms with Gasteiger partial charge in [-0.1, -0.05) is 31.4 Å². The minimum atomic E-state index is 0.358. The van der Waals surface area contributed by atoms with Crippen LogP contribution in [0.3, 0.4) is 0 Å². The highest BCUT2D eigenvalue weighted by atomic mass is 31.0. The van der Waals surface area contributed by atoms with Gasteiger partial charge in [-0.05, 0) is 49.8 Å². The molecular weight excluding hydrogens is 265 g/mol. The second kappa shape index (κ2) is 6.91. The minimum absolute atomic E-state index is 0.358. The summed E-state index contributed by atoms with van der Waals surface area (Å²) < 4.78 is 5.29. The van der Waals surface area contributed by atoms with Crippen LogP contribution in [0.15, 0.2) is 24.3 Å². The molecule has 1 aliphatic carbocycles. The van der Waals surface area contributed by atoms with Crippen LogP contribution in [-0.4, -0.2) is 37.8 Å². The molecule has 0 saturated heterocycles. The molecule has 2 nitrogen and oxygen atoms in total. The Labute approximate surface area is 126 Å². The van der Waals surface area contributed by atoms with Gasteiger partial charge in [-0.3, -0.25) is 0 Å². The summed E-state index contributed by atoms with van der Waals surface area (Å²) >= 11 is 0. The van der Waals surface area contributed by atoms with Crippen LogP contribution in [0, 0.1) is 0 Å². The Morgan fingerprint density at radius 2 is 1.75 bits per heavy atom. The van der Waals surface area contributed by atoms with E-state index in [0.717, 1.165) is 12.3 Å². The van der Waals surface area contributed by atoms with Crippen LogP contribution < -0.4 is 4.74 Å². The third-order valence-corrected chi connectivity index (χ3v) is 5.52. The quantitative estimate of drug-likeness (QED) is 0.763. The van der Waals surface area contributed by atoms with Gasteiger partial charge >= 0.3 is 0 Å². The Morgan fingerprint density at radius 3 is 2.25 bits per heavy atom. The molecule has 112 valence electrons. The summed E-state index contributed by atoms with van der Waals surface area (Å²) in [6, 6.07) is 8.67. The van der Waals surface area contributed by atoms with Gasteiger partial charge in [-0.2, -0.15) is 0 Å². The first-order valence-electron chi connectivity index (χ1n) is 7.63. The molecule has 0 radical (unpaired) electrons. The van der Waals surface area contributed by atoms with Crippen molar-refractivity contribution in [2.75, 3.05) is 27.7 Å². The number of likely N-dealkylation sites (N-methyl/N-ethyl adjacent to an activating group) is 1. The smallest absolute Gasteiger partial charge is 0.118 e. The molecular formula is C17H28NOP. The summed E-state index contributed by atoms with van der Waals surface area (Å²) in [4.78, 5) is 2.31. The van der Waals surface area contributed by atoms with E-state index >= 15 is 0 Å². The minimum Gasteiger partial charge on any atom is -0.497 e. The molecule has 3 heteroatoms. The lowest BCUT2D eigenvalue weighted by Gasteiger charge is -2.42. The lowest BCUT2D eigenvalue weighted by molar-refractivity contribution is 0.280. The number of rotatable bonds is 5. The average Bonchev–Trinajstić information content (AvgIpc) is 2.45. The summed E-state index contributed by atoms with van der Waals surface area (Å²) in [6.45, 7) is 1.11. The van der Waals surface area contributed by atoms with E-state index < -0.39 is 0 Å². The van der Waals surface area contributed by atoms with Crippen molar-refractivity contribution in [3.63, 3.8) is 0 Å². The summed E-state index contributed by atoms with van der Waals surface area (Å²) in [5.74, 6) is 1.52. The molecule has 2 atom stereocenters. The molecule has 1 aliphatic rings. The van der Waals surface area contributed by atoms with Crippen molar-refractivity contribution in [1.29, 1.82) is 0 Å². The molecule has 1 aromatic rings. The number of hydrogen-bond donors (Lipinski definition) is 0. The Kier molecular flexibility index (Phi) is 5.46. The van der Waals surface area contributed by atoms with Crippen LogP contribution in [0.25, 0.3) is 0 Å². The molecule has 0 heterocycles. The van der Waals surface area contributed by atoms with E-state index in [2.05, 4.69) is 52.5 Å². The molecule has 0 bridgehead atoms. The Hall–Kier alpha value is -0.590. The van der Waals surface area contributed by atoms with Crippen molar-refractivity contribution in [1.82, 2.24) is 4.90 Å². The molecule has 0 aromatic heterocycles. The Bertz CT molecular complexity index is 410. The highest BCUT2D eigenvalue weighted by molar-refractivity contribution is 7.19. The summed E-state index contributed by atoms with van der Waals surface area (Å²) in [7, 11) is 9.28. The van der Waals surface area contributed by atoms with Crippen molar-refractivity contribution >= 4 is 9.24 Å². The lowest BCUT2D eigenvalue weighted by Crippen LogP contribution is -2.38. The maximum absolute atomic E-state index is 5.29. The molecule has 0 amide bonds. The normalized spacial score (nSPS) is 19.9. The number of ether oxygens (including phenoxy) is 1. The van der Waals surface area contributed by atoms with E-state index in [1.807, 2.05) is 0 Å². The van der Waals surface area contributed by atoms with E-state index in [9.17, 15) is 0 Å². The molecule has 1 fully saturated rings. The predicted octanol–water partition coefficient (Wildman–Crippen LogP) is 3.92. The first-order chi connectivity index (χ1) is 9.55. The first kappa shape index (κ1) is 15.8. The van der Waals surface area contributed by atoms with Gasteiger partial charge < -0.3 is 9.64 Å². The van der Waals surface area contributed by atoms with Crippen LogP contribution >= 0.6 is 9.24 Å². The lowest BCUT2D eigenvalue weighted by atomic mass is 9.75. The van der Waals surface area contributed by atoms with Gasteiger partial charge in [0.15, 0.2) is 0 Å². The highest BCUT2D eigenvalue weighted by Gasteiger charge is 2.36. The Balaban J connectivity index is 2.25. The fourth-order valence-electron chi connectivity index (χ4n) is 3.38. The van der Waals surface area contributed by atoms with Gasteiger partial charge in [-0.25, -0.2) is 0 Å². The van der Waals surface area contributed by atoms with Crippen LogP contribution in [0.1, 0.15) is 43.6 Å². The molecule has 2 unspecified atom stereocenters. The summed E-state index contributed by atoms with van der Waals surface area (Å²) in [5.41, 5.74) is 1.44. The van der Waals surface area contributed by atoms with Crippen molar-refractivity contribution in [2.24, 2.45) is 0 Å². The van der Waals surface area contributed by atoms with Crippen molar-refractivity contribution < 1.29 is 4.74 Å². The van der Waals surface area contributed by atoms with Crippen LogP contribution in [0.4, 0.5) is 0 Å². The zero-order chi connectivity index (χ0) is 14.6. The largest absolute Gasteiger partial charge is 0.497 e. The number of hydrogen-bond acceptors (Lipinski definition) is 2. The SMILES string of the molecule is COc1ccc(C(CN(C)C)C2(P)CCCCC2)cc1. The monoisotopic (exact) mass is 293 g/mol. The van der Waals surface area contributed by atoms with Gasteiger partial charge in [0.25, 0.3) is 0 Å². The van der Waals surface area contributed by atoms with Gasteiger partial charge in [0.1, 0.15) is 5.75 Å². The average molecular weight is 293 g/mol. The van der Waals surface area contributed by atoms with E-state index in [1.165, 1.54) is 37.7 Å². The first-order valence-corrected chi connectivity index (χ1v) is 8.20. The van der Waals surface area contributed by atoms with E-state index in [1.54, 1.807) is 7.11 Å². The summed E-state index contributed by atoms with van der Waals surface area (Å²) in [5, 5.41) is 0.358. The third kappa shape index (κ3) is 3.74. The van der Waals surface area contributed by atoms with Gasteiger partial charge in [0.05, 0.1) is 7.11 Å². The van der Waals surface area contributed by atoms with Crippen molar-refractivity contribution in [2.45, 2.75) is 43.2 Å². The standard InChI is InChI=1S/C17H28NOP/c1-18(2)13-16(17(20)11-5-4-6-12-17)14-7-9-15(19-3)10-8-14/h7-10,16H,4-6,11-13,20H2,1-3H3. The van der Waals surface area contributed by atoms with Gasteiger partial charge in [0.2, 0.25) is 0 Å².